The van der Waals surface area contributed by atoms with E-state index in [4.69, 9.17) is 4.74 Å². The van der Waals surface area contributed by atoms with E-state index in [-0.39, 0.29) is 0 Å². The smallest absolute Gasteiger partial charge is 0.272 e. The van der Waals surface area contributed by atoms with Crippen molar-refractivity contribution < 1.29 is 13.5 Å². The Morgan fingerprint density at radius 3 is 2.54 bits per heavy atom. The average molecular weight is 188 g/mol. The van der Waals surface area contributed by atoms with Crippen LogP contribution in [0, 0.1) is 0 Å². The van der Waals surface area contributed by atoms with Crippen LogP contribution in [-0.4, -0.2) is 13.0 Å². The largest absolute Gasteiger partial charge is 0.487 e. The van der Waals surface area contributed by atoms with Crippen molar-refractivity contribution in [2.75, 3.05) is 6.61 Å². The minimum atomic E-state index is -2.45. The molecule has 0 fully saturated rings. The zero-order valence-corrected chi connectivity index (χ0v) is 7.89. The molecule has 0 saturated carbocycles. The summed E-state index contributed by atoms with van der Waals surface area (Å²) in [4.78, 5) is 0. The summed E-state index contributed by atoms with van der Waals surface area (Å²) in [6.07, 6.45) is 2.49. The fraction of sp³-hybridized carbons (Fsp3) is 0.400. The lowest BCUT2D eigenvalue weighted by Crippen LogP contribution is -2.04. The molecule has 0 saturated heterocycles. The molecule has 74 valence electrons. The third-order valence-corrected chi connectivity index (χ3v) is 1.38. The summed E-state index contributed by atoms with van der Waals surface area (Å²) in [7, 11) is 0. The summed E-state index contributed by atoms with van der Waals surface area (Å²) < 4.78 is 28.5. The van der Waals surface area contributed by atoms with E-state index in [0.717, 1.165) is 5.57 Å². The van der Waals surface area contributed by atoms with Crippen molar-refractivity contribution in [1.82, 2.24) is 0 Å². The molecule has 1 nitrogen and oxygen atoms in total. The van der Waals surface area contributed by atoms with Crippen LogP contribution >= 0.6 is 0 Å². The van der Waals surface area contributed by atoms with E-state index in [9.17, 15) is 8.78 Å². The standard InChI is InChI=1S/C10H14F2O/c1-4-6-9(8(3)5-2)13-7-10(11)12/h4-6,10H,2,7H2,1,3H3/b6-4-,9-8+. The highest BCUT2D eigenvalue weighted by Crippen LogP contribution is 2.10. The van der Waals surface area contributed by atoms with Crippen LogP contribution in [0.25, 0.3) is 0 Å². The second-order valence-corrected chi connectivity index (χ2v) is 2.45. The topological polar surface area (TPSA) is 9.23 Å². The molecule has 0 heterocycles. The fourth-order valence-electron chi connectivity index (χ4n) is 0.698. The van der Waals surface area contributed by atoms with Crippen molar-refractivity contribution >= 4 is 0 Å². The van der Waals surface area contributed by atoms with Crippen LogP contribution in [-0.2, 0) is 4.74 Å². The Morgan fingerprint density at radius 1 is 1.54 bits per heavy atom. The quantitative estimate of drug-likeness (QED) is 0.475. The lowest BCUT2D eigenvalue weighted by molar-refractivity contribution is 0.0519. The first kappa shape index (κ1) is 11.9. The summed E-state index contributed by atoms with van der Waals surface area (Å²) in [6.45, 7) is 6.50. The van der Waals surface area contributed by atoms with Crippen LogP contribution in [0.5, 0.6) is 0 Å². The van der Waals surface area contributed by atoms with Crippen LogP contribution in [0.15, 0.2) is 36.1 Å². The van der Waals surface area contributed by atoms with Crippen LogP contribution in [0.2, 0.25) is 0 Å². The molecule has 0 aromatic carbocycles. The van der Waals surface area contributed by atoms with Crippen molar-refractivity contribution in [1.29, 1.82) is 0 Å². The fourth-order valence-corrected chi connectivity index (χ4v) is 0.698. The molecular weight excluding hydrogens is 174 g/mol. The van der Waals surface area contributed by atoms with Crippen molar-refractivity contribution in [3.63, 3.8) is 0 Å². The van der Waals surface area contributed by atoms with Crippen LogP contribution in [0.3, 0.4) is 0 Å². The van der Waals surface area contributed by atoms with Crippen LogP contribution < -0.4 is 0 Å². The van der Waals surface area contributed by atoms with Gasteiger partial charge in [-0.3, -0.25) is 0 Å². The Labute approximate surface area is 77.4 Å². The molecule has 0 aromatic rings. The van der Waals surface area contributed by atoms with E-state index >= 15 is 0 Å². The maximum atomic E-state index is 11.8. The van der Waals surface area contributed by atoms with Gasteiger partial charge in [0.2, 0.25) is 0 Å². The first-order valence-electron chi connectivity index (χ1n) is 3.98. The van der Waals surface area contributed by atoms with E-state index in [0.29, 0.717) is 5.76 Å². The second-order valence-electron chi connectivity index (χ2n) is 2.45. The van der Waals surface area contributed by atoms with Gasteiger partial charge >= 0.3 is 0 Å². The maximum Gasteiger partial charge on any atom is 0.272 e. The summed E-state index contributed by atoms with van der Waals surface area (Å²) in [5.74, 6) is 0.442. The number of rotatable bonds is 5. The molecule has 0 aromatic heterocycles. The lowest BCUT2D eigenvalue weighted by Gasteiger charge is -2.07. The van der Waals surface area contributed by atoms with E-state index in [1.807, 2.05) is 0 Å². The number of allylic oxidation sites excluding steroid dienone is 4. The predicted octanol–water partition coefficient (Wildman–Crippen LogP) is 3.30. The van der Waals surface area contributed by atoms with Gasteiger partial charge in [0.05, 0.1) is 0 Å². The van der Waals surface area contributed by atoms with E-state index in [1.54, 1.807) is 32.1 Å². The summed E-state index contributed by atoms with van der Waals surface area (Å²) >= 11 is 0. The van der Waals surface area contributed by atoms with Gasteiger partial charge in [0.25, 0.3) is 6.43 Å². The Hall–Kier alpha value is -1.12. The molecule has 3 heteroatoms. The Morgan fingerprint density at radius 2 is 2.15 bits per heavy atom. The molecule has 0 atom stereocenters. The highest BCUT2D eigenvalue weighted by Gasteiger charge is 2.04. The number of halogens is 2. The first-order chi connectivity index (χ1) is 6.11. The molecular formula is C10H14F2O. The third kappa shape index (κ3) is 5.17. The van der Waals surface area contributed by atoms with Crippen molar-refractivity contribution in [2.45, 2.75) is 20.3 Å². The molecule has 0 rings (SSSR count). The highest BCUT2D eigenvalue weighted by molar-refractivity contribution is 5.25. The van der Waals surface area contributed by atoms with Gasteiger partial charge < -0.3 is 4.74 Å². The molecule has 0 N–H and O–H groups in total. The van der Waals surface area contributed by atoms with Crippen molar-refractivity contribution in [3.8, 4) is 0 Å². The summed E-state index contributed by atoms with van der Waals surface area (Å²) in [6, 6.07) is 0. The van der Waals surface area contributed by atoms with Gasteiger partial charge in [0, 0.05) is 0 Å². The normalized spacial score (nSPS) is 13.3. The minimum Gasteiger partial charge on any atom is -0.487 e. The number of alkyl halides is 2. The Bertz CT molecular complexity index is 217. The molecule has 0 aliphatic rings. The van der Waals surface area contributed by atoms with E-state index < -0.39 is 13.0 Å². The van der Waals surface area contributed by atoms with Crippen LogP contribution in [0.1, 0.15) is 13.8 Å². The molecule has 13 heavy (non-hydrogen) atoms. The molecule has 0 aliphatic heterocycles. The average Bonchev–Trinajstić information content (AvgIpc) is 2.10. The Balaban J connectivity index is 4.35. The molecule has 0 unspecified atom stereocenters. The van der Waals surface area contributed by atoms with Gasteiger partial charge in [0.1, 0.15) is 12.4 Å². The Kier molecular flexibility index (Phi) is 5.85. The molecule has 0 radical (unpaired) electrons. The highest BCUT2D eigenvalue weighted by atomic mass is 19.3. The van der Waals surface area contributed by atoms with Crippen molar-refractivity contribution in [3.05, 3.63) is 36.1 Å². The summed E-state index contributed by atoms with van der Waals surface area (Å²) in [5, 5.41) is 0. The van der Waals surface area contributed by atoms with Gasteiger partial charge in [-0.2, -0.15) is 0 Å². The zero-order valence-electron chi connectivity index (χ0n) is 7.89. The number of hydrogen-bond acceptors (Lipinski definition) is 1. The predicted molar refractivity (Wildman–Crippen MR) is 49.7 cm³/mol. The van der Waals surface area contributed by atoms with E-state index in [2.05, 4.69) is 6.58 Å². The number of hydrogen-bond donors (Lipinski definition) is 0. The molecule has 0 amide bonds. The van der Waals surface area contributed by atoms with Gasteiger partial charge in [0.15, 0.2) is 0 Å². The number of ether oxygens (including phenoxy) is 1. The summed E-state index contributed by atoms with van der Waals surface area (Å²) in [5.41, 5.74) is 0.749. The first-order valence-corrected chi connectivity index (χ1v) is 3.98. The second kappa shape index (κ2) is 6.40. The zero-order chi connectivity index (χ0) is 10.3. The van der Waals surface area contributed by atoms with Gasteiger partial charge in [-0.1, -0.05) is 18.7 Å². The van der Waals surface area contributed by atoms with E-state index in [1.165, 1.54) is 0 Å². The third-order valence-electron chi connectivity index (χ3n) is 1.38. The minimum absolute atomic E-state index is 0.442. The molecule has 0 bridgehead atoms. The lowest BCUT2D eigenvalue weighted by atomic mass is 10.2. The van der Waals surface area contributed by atoms with Gasteiger partial charge in [-0.05, 0) is 25.5 Å². The molecule has 0 spiro atoms. The van der Waals surface area contributed by atoms with Gasteiger partial charge in [-0.15, -0.1) is 0 Å². The molecule has 0 aliphatic carbocycles. The van der Waals surface area contributed by atoms with Crippen molar-refractivity contribution in [2.24, 2.45) is 0 Å². The SMILES string of the molecule is C=C/C(C)=C(\C=C/C)OCC(F)F. The van der Waals surface area contributed by atoms with Gasteiger partial charge in [-0.25, -0.2) is 8.78 Å². The van der Waals surface area contributed by atoms with Crippen LogP contribution in [0.4, 0.5) is 8.78 Å². The maximum absolute atomic E-state index is 11.8. The monoisotopic (exact) mass is 188 g/mol.